The Morgan fingerprint density at radius 3 is 2.52 bits per heavy atom. The lowest BCUT2D eigenvalue weighted by Gasteiger charge is -2.31. The summed E-state index contributed by atoms with van der Waals surface area (Å²) >= 11 is 0. The summed E-state index contributed by atoms with van der Waals surface area (Å²) in [5.74, 6) is -1.24. The maximum Gasteiger partial charge on any atom is 0.343 e. The van der Waals surface area contributed by atoms with Crippen LogP contribution in [0.5, 0.6) is 0 Å². The van der Waals surface area contributed by atoms with E-state index in [4.69, 9.17) is 18.6 Å². The van der Waals surface area contributed by atoms with Crippen LogP contribution in [0.15, 0.2) is 34.8 Å². The average molecular weight is 431 g/mol. The summed E-state index contributed by atoms with van der Waals surface area (Å²) < 4.78 is 22.9. The SMILES string of the molecule is C=C(C)[C@H]1Cc2oc(cc2C(=O)OC)[C@H](C(=C)C)[C@@H](O)[C@@H]2O[C@]23C(=O)O[C@@H]1[C@H]3N(C)C. The van der Waals surface area contributed by atoms with Gasteiger partial charge in [-0.1, -0.05) is 24.3 Å². The smallest absolute Gasteiger partial charge is 0.343 e. The fraction of sp³-hybridized carbons (Fsp3) is 0.565. The molecule has 0 saturated carbocycles. The third-order valence-corrected chi connectivity index (χ3v) is 6.71. The van der Waals surface area contributed by atoms with Crippen LogP contribution in [0.4, 0.5) is 0 Å². The minimum absolute atomic E-state index is 0.275. The van der Waals surface area contributed by atoms with E-state index < -0.39 is 47.8 Å². The minimum Gasteiger partial charge on any atom is -0.465 e. The van der Waals surface area contributed by atoms with Crippen molar-refractivity contribution in [2.45, 2.75) is 56.1 Å². The number of carbonyl (C=O) groups excluding carboxylic acids is 2. The van der Waals surface area contributed by atoms with Gasteiger partial charge in [0.05, 0.1) is 25.2 Å². The Hall–Kier alpha value is -2.42. The summed E-state index contributed by atoms with van der Waals surface area (Å²) in [6, 6.07) is 1.14. The van der Waals surface area contributed by atoms with Crippen LogP contribution in [-0.4, -0.2) is 73.1 Å². The quantitative estimate of drug-likeness (QED) is 0.438. The third kappa shape index (κ3) is 3.08. The molecule has 1 aromatic rings. The number of ether oxygens (including phenoxy) is 3. The Kier molecular flexibility index (Phi) is 5.15. The van der Waals surface area contributed by atoms with Gasteiger partial charge in [-0.25, -0.2) is 9.59 Å². The van der Waals surface area contributed by atoms with Crippen molar-refractivity contribution in [3.63, 3.8) is 0 Å². The molecule has 1 N–H and O–H groups in total. The van der Waals surface area contributed by atoms with Crippen LogP contribution in [-0.2, 0) is 25.4 Å². The van der Waals surface area contributed by atoms with Gasteiger partial charge in [-0.15, -0.1) is 0 Å². The molecule has 0 amide bonds. The molecule has 0 radical (unpaired) electrons. The van der Waals surface area contributed by atoms with Gasteiger partial charge in [-0.2, -0.15) is 0 Å². The monoisotopic (exact) mass is 431 g/mol. The number of hydrogen-bond donors (Lipinski definition) is 1. The van der Waals surface area contributed by atoms with E-state index in [2.05, 4.69) is 13.2 Å². The van der Waals surface area contributed by atoms with Gasteiger partial charge in [-0.05, 0) is 34.0 Å². The van der Waals surface area contributed by atoms with Gasteiger partial charge in [0.2, 0.25) is 5.60 Å². The summed E-state index contributed by atoms with van der Waals surface area (Å²) in [6.45, 7) is 11.7. The second-order valence-corrected chi connectivity index (χ2v) is 9.06. The number of fused-ring (bicyclic) bond motifs is 3. The number of epoxide rings is 1. The number of nitrogens with zero attached hydrogens (tertiary/aromatic N) is 1. The molecule has 7 atom stereocenters. The molecule has 0 aromatic carbocycles. The van der Waals surface area contributed by atoms with Crippen LogP contribution >= 0.6 is 0 Å². The van der Waals surface area contributed by atoms with Crippen molar-refractivity contribution in [1.29, 1.82) is 0 Å². The van der Waals surface area contributed by atoms with Crippen LogP contribution < -0.4 is 0 Å². The van der Waals surface area contributed by atoms with Crippen LogP contribution in [0.3, 0.4) is 0 Å². The van der Waals surface area contributed by atoms with Gasteiger partial charge in [0.15, 0.2) is 0 Å². The molecule has 0 aliphatic carbocycles. The maximum absolute atomic E-state index is 13.1. The summed E-state index contributed by atoms with van der Waals surface area (Å²) in [5, 5.41) is 11.3. The lowest BCUT2D eigenvalue weighted by molar-refractivity contribution is -0.146. The van der Waals surface area contributed by atoms with E-state index in [1.165, 1.54) is 7.11 Å². The van der Waals surface area contributed by atoms with Gasteiger partial charge in [0.25, 0.3) is 0 Å². The Morgan fingerprint density at radius 2 is 1.97 bits per heavy atom. The van der Waals surface area contributed by atoms with Crippen molar-refractivity contribution in [3.05, 3.63) is 47.5 Å². The van der Waals surface area contributed by atoms with Crippen molar-refractivity contribution in [2.24, 2.45) is 5.92 Å². The molecule has 31 heavy (non-hydrogen) atoms. The minimum atomic E-state index is -1.27. The first-order chi connectivity index (χ1) is 14.5. The molecule has 8 heteroatoms. The first-order valence-electron chi connectivity index (χ1n) is 10.3. The highest BCUT2D eigenvalue weighted by molar-refractivity contribution is 5.91. The zero-order valence-corrected chi connectivity index (χ0v) is 18.5. The molecule has 2 saturated heterocycles. The van der Waals surface area contributed by atoms with Gasteiger partial charge in [-0.3, -0.25) is 4.90 Å². The molecule has 3 aliphatic heterocycles. The van der Waals surface area contributed by atoms with Crippen molar-refractivity contribution in [2.75, 3.05) is 21.2 Å². The number of methoxy groups -OCH3 is 1. The first kappa shape index (κ1) is 21.8. The molecular weight excluding hydrogens is 402 g/mol. The van der Waals surface area contributed by atoms with Crippen molar-refractivity contribution in [1.82, 2.24) is 4.90 Å². The molecule has 3 aliphatic rings. The number of hydrogen-bond acceptors (Lipinski definition) is 8. The van der Waals surface area contributed by atoms with Crippen LogP contribution in [0.2, 0.25) is 0 Å². The predicted molar refractivity (Wildman–Crippen MR) is 111 cm³/mol. The molecule has 1 spiro atoms. The molecule has 2 fully saturated rings. The summed E-state index contributed by atoms with van der Waals surface area (Å²) in [6.07, 6.45) is -2.21. The number of aliphatic hydroxyl groups is 1. The lowest BCUT2D eigenvalue weighted by Crippen LogP contribution is -2.51. The molecular formula is C23H29NO7. The molecule has 4 heterocycles. The maximum atomic E-state index is 13.1. The molecule has 1 aromatic heterocycles. The van der Waals surface area contributed by atoms with E-state index in [9.17, 15) is 14.7 Å². The van der Waals surface area contributed by atoms with E-state index in [1.54, 1.807) is 13.0 Å². The Balaban J connectivity index is 1.93. The van der Waals surface area contributed by atoms with Gasteiger partial charge < -0.3 is 23.7 Å². The van der Waals surface area contributed by atoms with E-state index in [0.717, 1.165) is 5.57 Å². The van der Waals surface area contributed by atoms with Crippen LogP contribution in [0.25, 0.3) is 0 Å². The highest BCUT2D eigenvalue weighted by Gasteiger charge is 2.78. The van der Waals surface area contributed by atoms with Crippen molar-refractivity contribution >= 4 is 11.9 Å². The average Bonchev–Trinajstić information content (AvgIpc) is 3.18. The second kappa shape index (κ2) is 7.32. The van der Waals surface area contributed by atoms with Crippen LogP contribution in [0, 0.1) is 5.92 Å². The molecule has 168 valence electrons. The number of aliphatic hydroxyl groups excluding tert-OH is 1. The fourth-order valence-electron chi connectivity index (χ4n) is 5.21. The zero-order chi connectivity index (χ0) is 22.8. The highest BCUT2D eigenvalue weighted by Crippen LogP contribution is 2.55. The zero-order valence-electron chi connectivity index (χ0n) is 18.5. The molecule has 8 nitrogen and oxygen atoms in total. The second-order valence-electron chi connectivity index (χ2n) is 9.06. The topological polar surface area (TPSA) is 102 Å². The van der Waals surface area contributed by atoms with Crippen LogP contribution in [0.1, 0.15) is 41.6 Å². The van der Waals surface area contributed by atoms with E-state index in [1.807, 2.05) is 25.9 Å². The fourth-order valence-corrected chi connectivity index (χ4v) is 5.21. The van der Waals surface area contributed by atoms with E-state index in [-0.39, 0.29) is 17.9 Å². The predicted octanol–water partition coefficient (Wildman–Crippen LogP) is 1.83. The first-order valence-corrected chi connectivity index (χ1v) is 10.3. The van der Waals surface area contributed by atoms with Gasteiger partial charge in [0.1, 0.15) is 29.3 Å². The van der Waals surface area contributed by atoms with E-state index >= 15 is 0 Å². The van der Waals surface area contributed by atoms with Crippen molar-refractivity contribution < 1.29 is 33.3 Å². The summed E-state index contributed by atoms with van der Waals surface area (Å²) in [5.41, 5.74) is 0.411. The van der Waals surface area contributed by atoms with E-state index in [0.29, 0.717) is 17.1 Å². The standard InChI is InChI=1S/C23H29NO7/c1-10(2)12-8-14-13(21(26)28-7)9-15(29-14)16(11(3)4)17(25)20-23(31-20)19(24(5)6)18(12)30-22(23)27/h9,12,16-20,25H,1,3,8H2,2,4-7H3/t12-,16+,17-,18+,19-,20+,23+/m1/s1. The number of carbonyl (C=O) groups is 2. The summed E-state index contributed by atoms with van der Waals surface area (Å²) in [7, 11) is 5.00. The Labute approximate surface area is 181 Å². The van der Waals surface area contributed by atoms with Crippen molar-refractivity contribution in [3.8, 4) is 0 Å². The Bertz CT molecular complexity index is 963. The molecule has 0 unspecified atom stereocenters. The lowest BCUT2D eigenvalue weighted by atomic mass is 9.79. The normalized spacial score (nSPS) is 36.3. The third-order valence-electron chi connectivity index (χ3n) is 6.71. The number of rotatable bonds is 4. The molecule has 4 bridgehead atoms. The number of furan rings is 1. The number of esters is 2. The Morgan fingerprint density at radius 1 is 1.29 bits per heavy atom. The largest absolute Gasteiger partial charge is 0.465 e. The van der Waals surface area contributed by atoms with Gasteiger partial charge in [0, 0.05) is 12.3 Å². The summed E-state index contributed by atoms with van der Waals surface area (Å²) in [4.78, 5) is 27.4. The highest BCUT2D eigenvalue weighted by atomic mass is 16.7. The van der Waals surface area contributed by atoms with Gasteiger partial charge >= 0.3 is 11.9 Å². The number of likely N-dealkylation sites (N-methyl/N-ethyl adjacent to an activating group) is 1. The molecule has 4 rings (SSSR count).